The summed E-state index contributed by atoms with van der Waals surface area (Å²) < 4.78 is 0. The Morgan fingerprint density at radius 1 is 1.33 bits per heavy atom. The van der Waals surface area contributed by atoms with E-state index in [1.807, 2.05) is 13.2 Å². The number of likely N-dealkylation sites (N-methyl/N-ethyl adjacent to an activating group) is 1. The Morgan fingerprint density at radius 3 is 2.61 bits per heavy atom. The van der Waals surface area contributed by atoms with Crippen LogP contribution in [0.5, 0.6) is 0 Å². The van der Waals surface area contributed by atoms with Gasteiger partial charge in [-0.2, -0.15) is 0 Å². The minimum atomic E-state index is 0.573. The van der Waals surface area contributed by atoms with Gasteiger partial charge in [0.2, 0.25) is 0 Å². The van der Waals surface area contributed by atoms with E-state index >= 15 is 0 Å². The van der Waals surface area contributed by atoms with Crippen LogP contribution in [0.3, 0.4) is 0 Å². The van der Waals surface area contributed by atoms with E-state index in [1.165, 1.54) is 5.56 Å². The fourth-order valence-corrected chi connectivity index (χ4v) is 2.54. The van der Waals surface area contributed by atoms with Crippen LogP contribution in [0.2, 0.25) is 0 Å². The summed E-state index contributed by atoms with van der Waals surface area (Å²) in [5.41, 5.74) is 1.29. The molecule has 0 saturated carbocycles. The van der Waals surface area contributed by atoms with Crippen LogP contribution in [0.1, 0.15) is 19.4 Å². The SMILES string of the molecule is CNCc1ccnc(N2CC(C)N(C)C(C)C2)c1. The zero-order valence-electron chi connectivity index (χ0n) is 11.8. The molecular formula is C14H24N4. The third kappa shape index (κ3) is 2.82. The van der Waals surface area contributed by atoms with Gasteiger partial charge in [-0.25, -0.2) is 4.98 Å². The van der Waals surface area contributed by atoms with Crippen molar-refractivity contribution in [3.8, 4) is 0 Å². The molecule has 1 aliphatic heterocycles. The Labute approximate surface area is 110 Å². The Hall–Kier alpha value is -1.13. The first-order valence-electron chi connectivity index (χ1n) is 6.68. The summed E-state index contributed by atoms with van der Waals surface area (Å²) in [4.78, 5) is 9.35. The van der Waals surface area contributed by atoms with E-state index in [0.717, 1.165) is 25.5 Å². The summed E-state index contributed by atoms with van der Waals surface area (Å²) in [5.74, 6) is 1.11. The minimum Gasteiger partial charge on any atom is -0.353 e. The standard InChI is InChI=1S/C14H24N4/c1-11-9-18(10-12(2)17(11)4)14-7-13(8-15-3)5-6-16-14/h5-7,11-12,15H,8-10H2,1-4H3. The average molecular weight is 248 g/mol. The molecule has 0 aliphatic carbocycles. The van der Waals surface area contributed by atoms with Crippen molar-refractivity contribution in [1.29, 1.82) is 0 Å². The third-order valence-corrected chi connectivity index (χ3v) is 3.87. The lowest BCUT2D eigenvalue weighted by Gasteiger charge is -2.43. The molecule has 1 saturated heterocycles. The first kappa shape index (κ1) is 13.3. The van der Waals surface area contributed by atoms with Crippen LogP contribution < -0.4 is 10.2 Å². The quantitative estimate of drug-likeness (QED) is 0.874. The molecule has 2 atom stereocenters. The number of anilines is 1. The molecule has 4 nitrogen and oxygen atoms in total. The van der Waals surface area contributed by atoms with Gasteiger partial charge in [0.25, 0.3) is 0 Å². The van der Waals surface area contributed by atoms with Crippen molar-refractivity contribution in [1.82, 2.24) is 15.2 Å². The maximum atomic E-state index is 4.52. The highest BCUT2D eigenvalue weighted by Crippen LogP contribution is 2.20. The van der Waals surface area contributed by atoms with Gasteiger partial charge >= 0.3 is 0 Å². The van der Waals surface area contributed by atoms with Gasteiger partial charge in [-0.3, -0.25) is 4.90 Å². The molecule has 1 aliphatic rings. The van der Waals surface area contributed by atoms with Crippen LogP contribution in [0.25, 0.3) is 0 Å². The molecule has 0 amide bonds. The fourth-order valence-electron chi connectivity index (χ4n) is 2.54. The summed E-state index contributed by atoms with van der Waals surface area (Å²) in [6, 6.07) is 5.41. The van der Waals surface area contributed by atoms with E-state index in [-0.39, 0.29) is 0 Å². The van der Waals surface area contributed by atoms with E-state index < -0.39 is 0 Å². The lowest BCUT2D eigenvalue weighted by atomic mass is 10.1. The molecule has 1 aromatic rings. The summed E-state index contributed by atoms with van der Waals surface area (Å²) in [5, 5.41) is 3.18. The van der Waals surface area contributed by atoms with E-state index in [0.29, 0.717) is 12.1 Å². The van der Waals surface area contributed by atoms with Gasteiger partial charge in [0, 0.05) is 37.9 Å². The van der Waals surface area contributed by atoms with Crippen LogP contribution in [-0.2, 0) is 6.54 Å². The lowest BCUT2D eigenvalue weighted by molar-refractivity contribution is 0.169. The first-order valence-corrected chi connectivity index (χ1v) is 6.68. The second kappa shape index (κ2) is 5.67. The number of aromatic nitrogens is 1. The maximum absolute atomic E-state index is 4.52. The molecule has 2 heterocycles. The molecule has 0 aromatic carbocycles. The van der Waals surface area contributed by atoms with E-state index in [2.05, 4.69) is 53.1 Å². The van der Waals surface area contributed by atoms with Crippen molar-refractivity contribution in [3.05, 3.63) is 23.9 Å². The molecule has 18 heavy (non-hydrogen) atoms. The van der Waals surface area contributed by atoms with Crippen LogP contribution in [0.15, 0.2) is 18.3 Å². The number of nitrogens with one attached hydrogen (secondary N) is 1. The van der Waals surface area contributed by atoms with Crippen molar-refractivity contribution in [2.75, 3.05) is 32.1 Å². The van der Waals surface area contributed by atoms with Crippen molar-refractivity contribution in [2.45, 2.75) is 32.5 Å². The number of piperazine rings is 1. The van der Waals surface area contributed by atoms with Gasteiger partial charge in [-0.05, 0) is 45.6 Å². The van der Waals surface area contributed by atoms with Crippen molar-refractivity contribution in [3.63, 3.8) is 0 Å². The molecule has 0 bridgehead atoms. The normalized spacial score (nSPS) is 25.4. The molecule has 4 heteroatoms. The molecule has 1 aromatic heterocycles. The van der Waals surface area contributed by atoms with Crippen molar-refractivity contribution in [2.24, 2.45) is 0 Å². The zero-order valence-corrected chi connectivity index (χ0v) is 11.8. The van der Waals surface area contributed by atoms with Crippen molar-refractivity contribution < 1.29 is 0 Å². The van der Waals surface area contributed by atoms with Crippen LogP contribution >= 0.6 is 0 Å². The predicted octanol–water partition coefficient (Wildman–Crippen LogP) is 1.33. The summed E-state index contributed by atoms with van der Waals surface area (Å²) in [7, 11) is 4.18. The lowest BCUT2D eigenvalue weighted by Crippen LogP contribution is -2.55. The Morgan fingerprint density at radius 2 is 2.00 bits per heavy atom. The van der Waals surface area contributed by atoms with Crippen LogP contribution in [0.4, 0.5) is 5.82 Å². The average Bonchev–Trinajstić information content (AvgIpc) is 2.36. The van der Waals surface area contributed by atoms with Gasteiger partial charge < -0.3 is 10.2 Å². The zero-order chi connectivity index (χ0) is 13.1. The molecule has 1 fully saturated rings. The number of rotatable bonds is 3. The smallest absolute Gasteiger partial charge is 0.128 e. The van der Waals surface area contributed by atoms with Gasteiger partial charge in [0.05, 0.1) is 0 Å². The molecule has 100 valence electrons. The predicted molar refractivity (Wildman–Crippen MR) is 75.9 cm³/mol. The van der Waals surface area contributed by atoms with E-state index in [1.54, 1.807) is 0 Å². The highest BCUT2D eigenvalue weighted by molar-refractivity contribution is 5.42. The van der Waals surface area contributed by atoms with Crippen LogP contribution in [-0.4, -0.2) is 49.2 Å². The molecular weight excluding hydrogens is 224 g/mol. The van der Waals surface area contributed by atoms with E-state index in [9.17, 15) is 0 Å². The van der Waals surface area contributed by atoms with Crippen molar-refractivity contribution >= 4 is 5.82 Å². The topological polar surface area (TPSA) is 31.4 Å². The van der Waals surface area contributed by atoms with Gasteiger partial charge in [0.15, 0.2) is 0 Å². The molecule has 0 radical (unpaired) electrons. The number of hydrogen-bond donors (Lipinski definition) is 1. The summed E-state index contributed by atoms with van der Waals surface area (Å²) in [6.45, 7) is 7.56. The molecule has 0 spiro atoms. The van der Waals surface area contributed by atoms with Gasteiger partial charge in [0.1, 0.15) is 5.82 Å². The summed E-state index contributed by atoms with van der Waals surface area (Å²) >= 11 is 0. The fraction of sp³-hybridized carbons (Fsp3) is 0.643. The minimum absolute atomic E-state index is 0.573. The first-order chi connectivity index (χ1) is 8.61. The number of pyridine rings is 1. The van der Waals surface area contributed by atoms with Crippen LogP contribution in [0, 0.1) is 0 Å². The largest absolute Gasteiger partial charge is 0.353 e. The van der Waals surface area contributed by atoms with E-state index in [4.69, 9.17) is 0 Å². The Bertz CT molecular complexity index is 381. The molecule has 2 unspecified atom stereocenters. The third-order valence-electron chi connectivity index (χ3n) is 3.87. The molecule has 2 rings (SSSR count). The second-order valence-electron chi connectivity index (χ2n) is 5.32. The Balaban J connectivity index is 2.13. The van der Waals surface area contributed by atoms with Gasteiger partial charge in [-0.1, -0.05) is 0 Å². The highest BCUT2D eigenvalue weighted by atomic mass is 15.3. The van der Waals surface area contributed by atoms with Gasteiger partial charge in [-0.15, -0.1) is 0 Å². The monoisotopic (exact) mass is 248 g/mol. The highest BCUT2D eigenvalue weighted by Gasteiger charge is 2.27. The summed E-state index contributed by atoms with van der Waals surface area (Å²) in [6.07, 6.45) is 1.91. The number of nitrogens with zero attached hydrogens (tertiary/aromatic N) is 3. The second-order valence-corrected chi connectivity index (χ2v) is 5.32. The molecule has 1 N–H and O–H groups in total. The number of hydrogen-bond acceptors (Lipinski definition) is 4. The maximum Gasteiger partial charge on any atom is 0.128 e. The Kier molecular flexibility index (Phi) is 4.19.